The smallest absolute Gasteiger partial charge is 0.315 e. The van der Waals surface area contributed by atoms with Gasteiger partial charge in [-0.1, -0.05) is 38.1 Å². The summed E-state index contributed by atoms with van der Waals surface area (Å²) in [5.74, 6) is 0.770. The molecule has 1 aliphatic heterocycles. The first-order valence-corrected chi connectivity index (χ1v) is 10.2. The van der Waals surface area contributed by atoms with Crippen LogP contribution in [-0.4, -0.2) is 35.1 Å². The summed E-state index contributed by atoms with van der Waals surface area (Å²) in [6.45, 7) is 6.28. The highest BCUT2D eigenvalue weighted by Gasteiger charge is 2.33. The number of aromatic nitrogens is 2. The Morgan fingerprint density at radius 3 is 2.50 bits per heavy atom. The maximum absolute atomic E-state index is 12.6. The Kier molecular flexibility index (Phi) is 5.20. The molecule has 0 spiro atoms. The Morgan fingerprint density at radius 2 is 1.75 bits per heavy atom. The van der Waals surface area contributed by atoms with Gasteiger partial charge < -0.3 is 15.5 Å². The molecule has 0 saturated carbocycles. The van der Waals surface area contributed by atoms with Crippen molar-refractivity contribution >= 4 is 12.0 Å². The summed E-state index contributed by atoms with van der Waals surface area (Å²) in [4.78, 5) is 23.4. The van der Waals surface area contributed by atoms with Gasteiger partial charge in [-0.2, -0.15) is 0 Å². The van der Waals surface area contributed by atoms with E-state index in [0.29, 0.717) is 0 Å². The normalized spacial score (nSPS) is 21.6. The van der Waals surface area contributed by atoms with Crippen LogP contribution in [0.5, 0.6) is 0 Å². The number of hydrogen-bond acceptors (Lipinski definition) is 4. The van der Waals surface area contributed by atoms with Crippen molar-refractivity contribution in [1.29, 1.82) is 0 Å². The first-order valence-electron chi connectivity index (χ1n) is 10.2. The third-order valence-electron chi connectivity index (χ3n) is 6.09. The quantitative estimate of drug-likeness (QED) is 0.856. The third-order valence-corrected chi connectivity index (χ3v) is 6.09. The van der Waals surface area contributed by atoms with Crippen molar-refractivity contribution in [3.63, 3.8) is 0 Å². The molecule has 2 aliphatic rings. The zero-order valence-electron chi connectivity index (χ0n) is 16.7. The van der Waals surface area contributed by atoms with Crippen LogP contribution in [0.25, 0.3) is 0 Å². The minimum Gasteiger partial charge on any atom is -0.341 e. The molecule has 6 heteroatoms. The number of rotatable bonds is 3. The summed E-state index contributed by atoms with van der Waals surface area (Å²) >= 11 is 0. The van der Waals surface area contributed by atoms with Crippen molar-refractivity contribution in [2.45, 2.75) is 57.0 Å². The molecule has 148 valence electrons. The molecule has 4 rings (SSSR count). The summed E-state index contributed by atoms with van der Waals surface area (Å²) < 4.78 is 0. The topological polar surface area (TPSA) is 70.2 Å². The first-order chi connectivity index (χ1) is 13.5. The molecule has 2 N–H and O–H groups in total. The summed E-state index contributed by atoms with van der Waals surface area (Å²) in [5.41, 5.74) is 2.77. The zero-order chi connectivity index (χ0) is 19.6. The lowest BCUT2D eigenvalue weighted by Gasteiger charge is -2.38. The summed E-state index contributed by atoms with van der Waals surface area (Å²) in [5, 5.41) is 6.39. The van der Waals surface area contributed by atoms with Gasteiger partial charge >= 0.3 is 6.03 Å². The highest BCUT2D eigenvalue weighted by atomic mass is 16.2. The van der Waals surface area contributed by atoms with Gasteiger partial charge in [0.05, 0.1) is 6.04 Å². The average molecular weight is 380 g/mol. The van der Waals surface area contributed by atoms with Crippen LogP contribution in [0.4, 0.5) is 10.7 Å². The number of nitrogens with one attached hydrogen (secondary N) is 2. The van der Waals surface area contributed by atoms with Gasteiger partial charge in [-0.25, -0.2) is 14.8 Å². The molecule has 1 saturated heterocycles. The monoisotopic (exact) mass is 379 g/mol. The predicted octanol–water partition coefficient (Wildman–Crippen LogP) is 3.56. The molecule has 1 aromatic heterocycles. The number of benzene rings is 1. The molecule has 2 amide bonds. The molecule has 2 heterocycles. The number of urea groups is 1. The van der Waals surface area contributed by atoms with Gasteiger partial charge in [0.2, 0.25) is 5.95 Å². The molecule has 1 unspecified atom stereocenters. The number of hydrogen-bond donors (Lipinski definition) is 2. The van der Waals surface area contributed by atoms with Crippen LogP contribution in [0.15, 0.2) is 42.7 Å². The standard InChI is InChI=1S/C22H29N5O/c1-22(2)11-8-19(17-6-3-4-7-18(17)22)26-21(28)25-16-9-14-27(15-10-16)20-23-12-5-13-24-20/h3-7,12-13,16,19H,8-11,14-15H2,1-2H3,(H2,25,26,28). The molecule has 2 aromatic rings. The lowest BCUT2D eigenvalue weighted by atomic mass is 9.71. The van der Waals surface area contributed by atoms with Gasteiger partial charge in [-0.15, -0.1) is 0 Å². The lowest BCUT2D eigenvalue weighted by Crippen LogP contribution is -2.49. The first kappa shape index (κ1) is 18.7. The van der Waals surface area contributed by atoms with E-state index < -0.39 is 0 Å². The van der Waals surface area contributed by atoms with Crippen molar-refractivity contribution in [3.8, 4) is 0 Å². The maximum atomic E-state index is 12.6. The van der Waals surface area contributed by atoms with Crippen molar-refractivity contribution in [3.05, 3.63) is 53.9 Å². The molecule has 28 heavy (non-hydrogen) atoms. The van der Waals surface area contributed by atoms with Gasteiger partial charge in [0.25, 0.3) is 0 Å². The van der Waals surface area contributed by atoms with Crippen molar-refractivity contribution in [2.75, 3.05) is 18.0 Å². The van der Waals surface area contributed by atoms with E-state index in [1.807, 2.05) is 6.07 Å². The van der Waals surface area contributed by atoms with E-state index in [1.54, 1.807) is 12.4 Å². The van der Waals surface area contributed by atoms with Crippen LogP contribution in [0.1, 0.15) is 56.7 Å². The summed E-state index contributed by atoms with van der Waals surface area (Å²) in [7, 11) is 0. The Morgan fingerprint density at radius 1 is 1.04 bits per heavy atom. The molecule has 1 fully saturated rings. The molecule has 6 nitrogen and oxygen atoms in total. The Balaban J connectivity index is 1.32. The van der Waals surface area contributed by atoms with E-state index in [0.717, 1.165) is 44.7 Å². The maximum Gasteiger partial charge on any atom is 0.315 e. The number of carbonyl (C=O) groups excluding carboxylic acids is 1. The van der Waals surface area contributed by atoms with Crippen LogP contribution < -0.4 is 15.5 Å². The van der Waals surface area contributed by atoms with E-state index in [1.165, 1.54) is 11.1 Å². The van der Waals surface area contributed by atoms with Crippen molar-refractivity contribution in [1.82, 2.24) is 20.6 Å². The number of fused-ring (bicyclic) bond motifs is 1. The molecule has 1 atom stereocenters. The minimum atomic E-state index is -0.0612. The zero-order valence-corrected chi connectivity index (χ0v) is 16.7. The van der Waals surface area contributed by atoms with Crippen LogP contribution in [0, 0.1) is 0 Å². The second-order valence-electron chi connectivity index (χ2n) is 8.49. The minimum absolute atomic E-state index is 0.0612. The van der Waals surface area contributed by atoms with Crippen LogP contribution in [0.3, 0.4) is 0 Å². The van der Waals surface area contributed by atoms with Crippen molar-refractivity contribution in [2.24, 2.45) is 0 Å². The Bertz CT molecular complexity index is 815. The number of carbonyl (C=O) groups is 1. The fourth-order valence-corrected chi connectivity index (χ4v) is 4.43. The third kappa shape index (κ3) is 3.96. The summed E-state index contributed by atoms with van der Waals surface area (Å²) in [6, 6.07) is 10.5. The van der Waals surface area contributed by atoms with E-state index in [-0.39, 0.29) is 23.5 Å². The Labute approximate surface area is 166 Å². The van der Waals surface area contributed by atoms with Crippen LogP contribution >= 0.6 is 0 Å². The van der Waals surface area contributed by atoms with Crippen LogP contribution in [-0.2, 0) is 5.41 Å². The largest absolute Gasteiger partial charge is 0.341 e. The number of nitrogens with zero attached hydrogens (tertiary/aromatic N) is 3. The second kappa shape index (κ2) is 7.78. The predicted molar refractivity (Wildman–Crippen MR) is 110 cm³/mol. The molecule has 1 aliphatic carbocycles. The van der Waals surface area contributed by atoms with Crippen molar-refractivity contribution < 1.29 is 4.79 Å². The molecule has 0 bridgehead atoms. The number of amides is 2. The average Bonchev–Trinajstić information content (AvgIpc) is 2.72. The van der Waals surface area contributed by atoms with E-state index in [4.69, 9.17) is 0 Å². The molecule has 1 aromatic carbocycles. The van der Waals surface area contributed by atoms with E-state index in [2.05, 4.69) is 63.6 Å². The highest BCUT2D eigenvalue weighted by molar-refractivity contribution is 5.75. The van der Waals surface area contributed by atoms with Gasteiger partial charge in [-0.05, 0) is 48.3 Å². The molecule has 0 radical (unpaired) electrons. The SMILES string of the molecule is CC1(C)CCC(NC(=O)NC2CCN(c3ncccn3)CC2)c2ccccc21. The fraction of sp³-hybridized carbons (Fsp3) is 0.500. The molecular weight excluding hydrogens is 350 g/mol. The van der Waals surface area contributed by atoms with Gasteiger partial charge in [0, 0.05) is 31.5 Å². The van der Waals surface area contributed by atoms with Crippen LogP contribution in [0.2, 0.25) is 0 Å². The fourth-order valence-electron chi connectivity index (χ4n) is 4.43. The van der Waals surface area contributed by atoms with Gasteiger partial charge in [0.1, 0.15) is 0 Å². The number of anilines is 1. The lowest BCUT2D eigenvalue weighted by molar-refractivity contribution is 0.227. The summed E-state index contributed by atoms with van der Waals surface area (Å²) in [6.07, 6.45) is 7.39. The highest BCUT2D eigenvalue weighted by Crippen LogP contribution is 2.41. The van der Waals surface area contributed by atoms with E-state index in [9.17, 15) is 4.79 Å². The molecular formula is C22H29N5O. The Hall–Kier alpha value is -2.63. The number of piperidine rings is 1. The van der Waals surface area contributed by atoms with Gasteiger partial charge in [0.15, 0.2) is 0 Å². The second-order valence-corrected chi connectivity index (χ2v) is 8.49. The van der Waals surface area contributed by atoms with Gasteiger partial charge in [-0.3, -0.25) is 0 Å². The van der Waals surface area contributed by atoms with E-state index >= 15 is 0 Å².